The molecule has 0 N–H and O–H groups in total. The Morgan fingerprint density at radius 3 is 1.04 bits per heavy atom. The molecule has 0 saturated heterocycles. The second kappa shape index (κ2) is 27.8. The lowest BCUT2D eigenvalue weighted by molar-refractivity contribution is 0.646. The summed E-state index contributed by atoms with van der Waals surface area (Å²) in [6, 6.07) is 122. The van der Waals surface area contributed by atoms with Crippen LogP contribution in [-0.2, 0) is 16.2 Å². The number of fused-ring (bicyclic) bond motifs is 27. The molecule has 0 spiro atoms. The van der Waals surface area contributed by atoms with Crippen LogP contribution in [0.1, 0.15) is 74.9 Å². The van der Waals surface area contributed by atoms with E-state index in [0.29, 0.717) is 34.2 Å². The van der Waals surface area contributed by atoms with E-state index in [4.69, 9.17) is 56.4 Å². The summed E-state index contributed by atoms with van der Waals surface area (Å²) in [6.07, 6.45) is 0. The summed E-state index contributed by atoms with van der Waals surface area (Å²) in [4.78, 5) is 30.9. The maximum Gasteiger partial charge on any atom is 0.180 e. The van der Waals surface area contributed by atoms with Crippen LogP contribution in [0.5, 0.6) is 0 Å². The highest BCUT2D eigenvalue weighted by atomic mass is 16.4. The predicted octanol–water partition coefficient (Wildman–Crippen LogP) is 31.4. The summed E-state index contributed by atoms with van der Waals surface area (Å²) in [5.74, 6) is 1.97. The van der Waals surface area contributed by atoms with Crippen molar-refractivity contribution in [1.29, 1.82) is 0 Å². The number of para-hydroxylation sites is 5. The quantitative estimate of drug-likeness (QED) is 0.149. The number of hydrogen-bond acceptors (Lipinski definition) is 12. The van der Waals surface area contributed by atoms with Crippen LogP contribution in [0.2, 0.25) is 0 Å². The Bertz CT molecular complexity index is 9040. The minimum absolute atomic E-state index is 0.0943. The molecule has 9 aromatic heterocycles. The van der Waals surface area contributed by atoms with Crippen LogP contribution in [-0.4, -0.2) is 29.9 Å². The second-order valence-corrected chi connectivity index (χ2v) is 35.7. The number of nitrogens with zero attached hydrogens (tertiary/aromatic N) is 6. The molecule has 0 bridgehead atoms. The Hall–Kier alpha value is -16.4. The van der Waals surface area contributed by atoms with Crippen molar-refractivity contribution < 1.29 is 26.5 Å². The standard InChI is InChI=1S/C43H28N2O2.2C37H24N2O2/c1-43(2)33-17-9-6-14-28(33)31-24-32-29-15-7-10-18-34(29)46-40(32)36(37(31)43)25-20-22-27(23-21-25)42-44-38(26-12-4-3-5-13-26)41-39(45-42)30-16-8-11-19-35(30)47-41;1-37(2)27-17-9-6-14-22(27)25-20-26-23-15-7-10-18-28(23)40-34(26)30(31(25)37)33-35-32(24-16-8-11-19-29(24)41-35)38-36(39-33)21-12-4-3-5-13-21;1-37(2)27-16-8-6-13-22(27)25-19-26-31(20-28(25)37)40-30-18-10-15-24(32(26)30)36-38-33(21-11-4-3-5-12-21)35-34(39-36)23-14-7-9-17-29(23)41-35/h3-24H,1-2H3;2*3-20H,1-2H3. The molecule has 0 amide bonds. The minimum atomic E-state index is -0.287. The lowest BCUT2D eigenvalue weighted by Crippen LogP contribution is -2.16. The zero-order valence-corrected chi connectivity index (χ0v) is 71.1. The van der Waals surface area contributed by atoms with Gasteiger partial charge >= 0.3 is 0 Å². The molecular weight excluding hydrogens is 1590 g/mol. The average molecular weight is 1660 g/mol. The molecular formula is C117H76N6O6. The van der Waals surface area contributed by atoms with E-state index in [1.165, 1.54) is 66.8 Å². The number of benzene rings is 16. The zero-order valence-electron chi connectivity index (χ0n) is 71.1. The smallest absolute Gasteiger partial charge is 0.180 e. The molecule has 3 aliphatic rings. The van der Waals surface area contributed by atoms with Gasteiger partial charge in [0.1, 0.15) is 83.9 Å². The van der Waals surface area contributed by atoms with E-state index in [-0.39, 0.29) is 16.2 Å². The fraction of sp³-hybridized carbons (Fsp3) is 0.0769. The molecule has 16 aromatic carbocycles. The highest BCUT2D eigenvalue weighted by molar-refractivity contribution is 6.20. The molecule has 28 rings (SSSR count). The second-order valence-electron chi connectivity index (χ2n) is 35.7. The van der Waals surface area contributed by atoms with Crippen molar-refractivity contribution in [1.82, 2.24) is 29.9 Å². The van der Waals surface area contributed by atoms with Crippen molar-refractivity contribution in [3.8, 4) is 112 Å². The van der Waals surface area contributed by atoms with Gasteiger partial charge in [0.15, 0.2) is 34.2 Å². The molecule has 0 radical (unpaired) electrons. The van der Waals surface area contributed by atoms with Gasteiger partial charge in [-0.15, -0.1) is 0 Å². The first kappa shape index (κ1) is 74.0. The van der Waals surface area contributed by atoms with Crippen LogP contribution in [0, 0.1) is 0 Å². The molecule has 3 aliphatic carbocycles. The topological polar surface area (TPSA) is 156 Å². The van der Waals surface area contributed by atoms with Gasteiger partial charge in [0.25, 0.3) is 0 Å². The normalized spacial score (nSPS) is 13.7. The highest BCUT2D eigenvalue weighted by Crippen LogP contribution is 2.59. The third-order valence-electron chi connectivity index (χ3n) is 27.3. The average Bonchev–Trinajstić information content (AvgIpc) is 1.55. The number of aromatic nitrogens is 6. The predicted molar refractivity (Wildman–Crippen MR) is 521 cm³/mol. The van der Waals surface area contributed by atoms with Crippen LogP contribution in [0.3, 0.4) is 0 Å². The van der Waals surface area contributed by atoms with E-state index in [1.54, 1.807) is 0 Å². The van der Waals surface area contributed by atoms with Crippen LogP contribution in [0.4, 0.5) is 0 Å². The van der Waals surface area contributed by atoms with Crippen LogP contribution in [0.15, 0.2) is 378 Å². The summed E-state index contributed by atoms with van der Waals surface area (Å²) in [6.45, 7) is 13.8. The molecule has 0 atom stereocenters. The summed E-state index contributed by atoms with van der Waals surface area (Å²) in [5, 5.41) is 9.46. The molecule has 0 saturated carbocycles. The summed E-state index contributed by atoms with van der Waals surface area (Å²) < 4.78 is 39.2. The van der Waals surface area contributed by atoms with Gasteiger partial charge < -0.3 is 26.5 Å². The maximum atomic E-state index is 6.72. The zero-order chi connectivity index (χ0) is 85.9. The van der Waals surface area contributed by atoms with Gasteiger partial charge in [0.2, 0.25) is 0 Å². The molecule has 9 heterocycles. The highest BCUT2D eigenvalue weighted by Gasteiger charge is 2.43. The Morgan fingerprint density at radius 1 is 0.194 bits per heavy atom. The fourth-order valence-electron chi connectivity index (χ4n) is 21.2. The van der Waals surface area contributed by atoms with Crippen molar-refractivity contribution in [2.45, 2.75) is 57.8 Å². The number of rotatable bonds is 7. The Labute approximate surface area is 739 Å². The Balaban J connectivity index is 0.000000102. The van der Waals surface area contributed by atoms with Gasteiger partial charge in [0.05, 0.1) is 5.56 Å². The van der Waals surface area contributed by atoms with Gasteiger partial charge in [-0.2, -0.15) is 0 Å². The monoisotopic (exact) mass is 1660 g/mol. The van der Waals surface area contributed by atoms with Gasteiger partial charge in [-0.1, -0.05) is 315 Å². The van der Waals surface area contributed by atoms with E-state index in [0.717, 1.165) is 177 Å². The molecule has 12 nitrogen and oxygen atoms in total. The van der Waals surface area contributed by atoms with E-state index in [9.17, 15) is 0 Å². The summed E-state index contributed by atoms with van der Waals surface area (Å²) in [5.41, 5.74) is 37.2. The summed E-state index contributed by atoms with van der Waals surface area (Å²) in [7, 11) is 0. The van der Waals surface area contributed by atoms with Crippen molar-refractivity contribution in [2.75, 3.05) is 0 Å². The number of furan rings is 6. The summed E-state index contributed by atoms with van der Waals surface area (Å²) >= 11 is 0. The molecule has 12 heteroatoms. The van der Waals surface area contributed by atoms with E-state index in [1.807, 2.05) is 140 Å². The van der Waals surface area contributed by atoms with Crippen molar-refractivity contribution in [2.24, 2.45) is 0 Å². The van der Waals surface area contributed by atoms with Gasteiger partial charge in [-0.05, 0) is 151 Å². The van der Waals surface area contributed by atoms with E-state index < -0.39 is 0 Å². The van der Waals surface area contributed by atoms with Crippen LogP contribution in [0.25, 0.3) is 244 Å². The largest absolute Gasteiger partial charge is 0.456 e. The lowest BCUT2D eigenvalue weighted by atomic mass is 9.78. The molecule has 610 valence electrons. The molecule has 0 unspecified atom stereocenters. The molecule has 25 aromatic rings. The van der Waals surface area contributed by atoms with Crippen LogP contribution < -0.4 is 0 Å². The minimum Gasteiger partial charge on any atom is -0.456 e. The Kier molecular flexibility index (Phi) is 15.9. The number of hydrogen-bond donors (Lipinski definition) is 0. The van der Waals surface area contributed by atoms with Gasteiger partial charge in [-0.25, -0.2) is 29.9 Å². The van der Waals surface area contributed by atoms with E-state index in [2.05, 4.69) is 254 Å². The molecule has 0 fully saturated rings. The third kappa shape index (κ3) is 11.1. The van der Waals surface area contributed by atoms with Gasteiger partial charge in [-0.3, -0.25) is 0 Å². The molecule has 0 aliphatic heterocycles. The molecule has 129 heavy (non-hydrogen) atoms. The van der Waals surface area contributed by atoms with Crippen molar-refractivity contribution in [3.63, 3.8) is 0 Å². The first-order chi connectivity index (χ1) is 63.2. The van der Waals surface area contributed by atoms with Gasteiger partial charge in [0, 0.05) is 98.1 Å². The van der Waals surface area contributed by atoms with Crippen molar-refractivity contribution >= 4 is 132 Å². The van der Waals surface area contributed by atoms with Crippen molar-refractivity contribution in [3.05, 3.63) is 385 Å². The lowest BCUT2D eigenvalue weighted by Gasteiger charge is -2.24. The Morgan fingerprint density at radius 2 is 0.535 bits per heavy atom. The first-order valence-corrected chi connectivity index (χ1v) is 43.9. The maximum absolute atomic E-state index is 6.72. The van der Waals surface area contributed by atoms with Crippen LogP contribution >= 0.6 is 0 Å². The first-order valence-electron chi connectivity index (χ1n) is 43.9. The fourth-order valence-corrected chi connectivity index (χ4v) is 21.2. The third-order valence-corrected chi connectivity index (χ3v) is 27.3. The SMILES string of the molecule is CC1(C)c2ccccc2-c2cc3c(cc21)oc1cccc(-c2nc(-c4ccccc4)c4oc5ccccc5c4n2)c13.CC1(C)c2ccccc2-c2cc3c(oc4ccccc43)c(-c3ccc(-c4nc(-c5ccccc5)c5oc6ccccc6c5n4)cc3)c21.CC1(C)c2ccccc2-c2cc3c(oc4ccccc43)c(-c3nc(-c4ccccc4)nc4c3oc3ccccc34)c21. The van der Waals surface area contributed by atoms with E-state index >= 15 is 0 Å².